The Hall–Kier alpha value is -2.07. The van der Waals surface area contributed by atoms with E-state index in [0.29, 0.717) is 28.0 Å². The Labute approximate surface area is 199 Å². The van der Waals surface area contributed by atoms with Crippen molar-refractivity contribution >= 4 is 37.5 Å². The van der Waals surface area contributed by atoms with Gasteiger partial charge >= 0.3 is 5.97 Å². The van der Waals surface area contributed by atoms with Gasteiger partial charge in [0.1, 0.15) is 22.2 Å². The Morgan fingerprint density at radius 1 is 1.12 bits per heavy atom. The van der Waals surface area contributed by atoms with Crippen molar-refractivity contribution in [3.05, 3.63) is 39.3 Å². The van der Waals surface area contributed by atoms with Crippen LogP contribution in [0.4, 0.5) is 0 Å². The molecule has 2 rings (SSSR count). The van der Waals surface area contributed by atoms with Crippen LogP contribution in [0.2, 0.25) is 28.4 Å². The molecule has 0 aliphatic rings. The number of hydrogen-bond donors (Lipinski definition) is 2. The summed E-state index contributed by atoms with van der Waals surface area (Å²) in [7, 11) is 0.834. The number of carboxylic acids is 1. The van der Waals surface area contributed by atoms with E-state index < -0.39 is 14.3 Å². The Morgan fingerprint density at radius 3 is 2.16 bits per heavy atom. The number of pyridine rings is 2. The van der Waals surface area contributed by atoms with Crippen molar-refractivity contribution in [3.63, 3.8) is 0 Å². The van der Waals surface area contributed by atoms with Gasteiger partial charge in [-0.1, -0.05) is 44.0 Å². The number of ether oxygens (including phenoxy) is 2. The molecule has 0 fully saturated rings. The molecular weight excluding hydrogens is 475 g/mol. The molecule has 0 saturated carbocycles. The number of nitrogens with zero attached hydrogens (tertiary/aromatic N) is 2. The standard InChI is InChI=1S/C14H22ClNO4Si.C7H8ClNO2/c1-8-10(19-5)9(13(17)18)11(15)16-12(8)20-21(6,7)14(2,3)4;1-11-6-2-5(4-10)9-7(8)3-6/h1-7H3,(H,17,18);2-3,10H,4H2,1H3. The maximum absolute atomic E-state index is 11.3. The monoisotopic (exact) mass is 504 g/mol. The van der Waals surface area contributed by atoms with Crippen LogP contribution >= 0.6 is 23.2 Å². The van der Waals surface area contributed by atoms with Crippen LogP contribution in [0.3, 0.4) is 0 Å². The third-order valence-electron chi connectivity index (χ3n) is 5.09. The van der Waals surface area contributed by atoms with Gasteiger partial charge in [0.25, 0.3) is 8.32 Å². The summed E-state index contributed by atoms with van der Waals surface area (Å²) in [4.78, 5) is 19.2. The zero-order valence-corrected chi connectivity index (χ0v) is 22.1. The lowest BCUT2D eigenvalue weighted by molar-refractivity contribution is 0.0692. The zero-order valence-electron chi connectivity index (χ0n) is 19.5. The van der Waals surface area contributed by atoms with E-state index >= 15 is 0 Å². The molecule has 0 saturated heterocycles. The third-order valence-corrected chi connectivity index (χ3v) is 9.87. The topological polar surface area (TPSA) is 111 Å². The molecule has 0 bridgehead atoms. The molecule has 8 nitrogen and oxygen atoms in total. The molecule has 32 heavy (non-hydrogen) atoms. The maximum Gasteiger partial charge on any atom is 0.342 e. The zero-order chi connectivity index (χ0) is 24.9. The lowest BCUT2D eigenvalue weighted by Gasteiger charge is -2.36. The summed E-state index contributed by atoms with van der Waals surface area (Å²) in [5.41, 5.74) is 0.915. The molecule has 11 heteroatoms. The molecule has 0 spiro atoms. The van der Waals surface area contributed by atoms with Gasteiger partial charge in [-0.3, -0.25) is 0 Å². The van der Waals surface area contributed by atoms with Crippen LogP contribution in [0, 0.1) is 6.92 Å². The van der Waals surface area contributed by atoms with Crippen LogP contribution < -0.4 is 13.9 Å². The Bertz CT molecular complexity index is 942. The Morgan fingerprint density at radius 2 is 1.72 bits per heavy atom. The molecule has 0 amide bonds. The number of hydrogen-bond acceptors (Lipinski definition) is 7. The fourth-order valence-electron chi connectivity index (χ4n) is 2.27. The average Bonchev–Trinajstić information content (AvgIpc) is 2.68. The number of aliphatic hydroxyl groups excluding tert-OH is 1. The summed E-state index contributed by atoms with van der Waals surface area (Å²) in [6, 6.07) is 3.21. The summed E-state index contributed by atoms with van der Waals surface area (Å²) in [6.45, 7) is 12.1. The number of methoxy groups -OCH3 is 2. The second-order valence-electron chi connectivity index (χ2n) is 8.39. The molecule has 2 aromatic rings. The van der Waals surface area contributed by atoms with Gasteiger partial charge in [-0.05, 0) is 25.1 Å². The first-order valence-electron chi connectivity index (χ1n) is 9.66. The predicted octanol–water partition coefficient (Wildman–Crippen LogP) is 5.37. The van der Waals surface area contributed by atoms with Crippen LogP contribution in [-0.4, -0.2) is 48.7 Å². The number of rotatable bonds is 6. The van der Waals surface area contributed by atoms with Gasteiger partial charge in [-0.25, -0.2) is 14.8 Å². The normalized spacial score (nSPS) is 11.3. The van der Waals surface area contributed by atoms with E-state index in [-0.39, 0.29) is 28.1 Å². The smallest absolute Gasteiger partial charge is 0.342 e. The van der Waals surface area contributed by atoms with Crippen LogP contribution in [0.15, 0.2) is 12.1 Å². The van der Waals surface area contributed by atoms with E-state index in [2.05, 4.69) is 43.8 Å². The van der Waals surface area contributed by atoms with Crippen LogP contribution in [-0.2, 0) is 6.61 Å². The molecule has 2 aromatic heterocycles. The van der Waals surface area contributed by atoms with Crippen molar-refractivity contribution in [3.8, 4) is 17.4 Å². The van der Waals surface area contributed by atoms with Crippen molar-refractivity contribution in [1.29, 1.82) is 0 Å². The summed E-state index contributed by atoms with van der Waals surface area (Å²) >= 11 is 11.6. The van der Waals surface area contributed by atoms with E-state index in [1.807, 2.05) is 0 Å². The molecule has 0 aliphatic carbocycles. The van der Waals surface area contributed by atoms with E-state index in [0.717, 1.165) is 0 Å². The minimum Gasteiger partial charge on any atom is -0.530 e. The van der Waals surface area contributed by atoms with Crippen molar-refractivity contribution < 1.29 is 28.9 Å². The third kappa shape index (κ3) is 6.96. The first-order valence-corrected chi connectivity index (χ1v) is 13.3. The second-order valence-corrected chi connectivity index (χ2v) is 13.9. The number of halogens is 2. The minimum atomic E-state index is -2.10. The average molecular weight is 505 g/mol. The van der Waals surface area contributed by atoms with E-state index in [1.165, 1.54) is 14.2 Å². The Balaban J connectivity index is 0.000000389. The lowest BCUT2D eigenvalue weighted by Crippen LogP contribution is -2.44. The van der Waals surface area contributed by atoms with Gasteiger partial charge < -0.3 is 24.1 Å². The van der Waals surface area contributed by atoms with Crippen LogP contribution in [0.25, 0.3) is 0 Å². The van der Waals surface area contributed by atoms with E-state index in [9.17, 15) is 9.90 Å². The predicted molar refractivity (Wildman–Crippen MR) is 127 cm³/mol. The number of aliphatic hydroxyl groups is 1. The molecule has 0 radical (unpaired) electrons. The highest BCUT2D eigenvalue weighted by molar-refractivity contribution is 6.74. The number of aromatic nitrogens is 2. The summed E-state index contributed by atoms with van der Waals surface area (Å²) in [6.07, 6.45) is 0. The highest BCUT2D eigenvalue weighted by atomic mass is 35.5. The van der Waals surface area contributed by atoms with E-state index in [4.69, 9.17) is 42.2 Å². The fraction of sp³-hybridized carbons (Fsp3) is 0.476. The highest BCUT2D eigenvalue weighted by Crippen LogP contribution is 2.40. The lowest BCUT2D eigenvalue weighted by atomic mass is 10.2. The number of carbonyl (C=O) groups is 1. The van der Waals surface area contributed by atoms with Crippen LogP contribution in [0.1, 0.15) is 42.4 Å². The second kappa shape index (κ2) is 11.2. The van der Waals surface area contributed by atoms with Crippen molar-refractivity contribution in [2.45, 2.75) is 52.4 Å². The summed E-state index contributed by atoms with van der Waals surface area (Å²) in [5, 5.41) is 18.1. The molecule has 0 unspecified atom stereocenters. The molecule has 0 atom stereocenters. The first-order chi connectivity index (χ1) is 14.7. The van der Waals surface area contributed by atoms with Gasteiger partial charge in [0, 0.05) is 12.1 Å². The Kier molecular flexibility index (Phi) is 9.77. The quantitative estimate of drug-likeness (QED) is 0.398. The molecule has 2 N–H and O–H groups in total. The SMILES string of the molecule is COc1c(C)c(O[Si](C)(C)C(C)(C)C)nc(Cl)c1C(=O)O.COc1cc(Cl)nc(CO)c1. The van der Waals surface area contributed by atoms with Gasteiger partial charge in [0.05, 0.1) is 32.1 Å². The van der Waals surface area contributed by atoms with Crippen molar-refractivity contribution in [2.75, 3.05) is 14.2 Å². The molecule has 0 aliphatic heterocycles. The van der Waals surface area contributed by atoms with E-state index in [1.54, 1.807) is 19.1 Å². The van der Waals surface area contributed by atoms with Gasteiger partial charge in [-0.15, -0.1) is 0 Å². The summed E-state index contributed by atoms with van der Waals surface area (Å²) in [5.74, 6) is -0.0370. The first kappa shape index (κ1) is 28.0. The minimum absolute atomic E-state index is 0.00764. The molecular formula is C21H30Cl2N2O6Si. The highest BCUT2D eigenvalue weighted by Gasteiger charge is 2.40. The van der Waals surface area contributed by atoms with Crippen molar-refractivity contribution in [1.82, 2.24) is 9.97 Å². The van der Waals surface area contributed by atoms with Gasteiger partial charge in [0.15, 0.2) is 5.15 Å². The molecule has 2 heterocycles. The number of aromatic carboxylic acids is 1. The van der Waals surface area contributed by atoms with Gasteiger partial charge in [0.2, 0.25) is 5.88 Å². The maximum atomic E-state index is 11.3. The van der Waals surface area contributed by atoms with Crippen LogP contribution in [0.5, 0.6) is 17.4 Å². The van der Waals surface area contributed by atoms with Gasteiger partial charge in [-0.2, -0.15) is 0 Å². The summed E-state index contributed by atoms with van der Waals surface area (Å²) < 4.78 is 16.2. The molecule has 178 valence electrons. The fourth-order valence-corrected chi connectivity index (χ4v) is 3.71. The molecule has 0 aromatic carbocycles. The van der Waals surface area contributed by atoms with Crippen molar-refractivity contribution in [2.24, 2.45) is 0 Å². The largest absolute Gasteiger partial charge is 0.530 e. The number of carboxylic acid groups (broad SMARTS) is 1.